The second-order valence-electron chi connectivity index (χ2n) is 7.81. The average Bonchev–Trinajstić information content (AvgIpc) is 2.25. The third-order valence-corrected chi connectivity index (χ3v) is 5.84. The van der Waals surface area contributed by atoms with Crippen LogP contribution in [0.15, 0.2) is 0 Å². The van der Waals surface area contributed by atoms with E-state index in [-0.39, 0.29) is 5.91 Å². The van der Waals surface area contributed by atoms with Gasteiger partial charge in [-0.3, -0.25) is 4.79 Å². The van der Waals surface area contributed by atoms with Gasteiger partial charge in [0.05, 0.1) is 6.54 Å². The zero-order chi connectivity index (χ0) is 13.6. The second-order valence-corrected chi connectivity index (χ2v) is 7.81. The van der Waals surface area contributed by atoms with Crippen molar-refractivity contribution in [2.24, 2.45) is 23.2 Å². The van der Waals surface area contributed by atoms with Crippen LogP contribution in [0.1, 0.15) is 45.4 Å². The Kier molecular flexibility index (Phi) is 3.36. The molecule has 1 amide bonds. The van der Waals surface area contributed by atoms with Gasteiger partial charge in [-0.1, -0.05) is 0 Å². The Hall–Kier alpha value is -0.570. The molecular weight excluding hydrogens is 236 g/mol. The number of hydrogen-bond acceptors (Lipinski definition) is 2. The number of nitrogens with zero attached hydrogens (tertiary/aromatic N) is 1. The van der Waals surface area contributed by atoms with Crippen molar-refractivity contribution in [2.75, 3.05) is 20.6 Å². The molecule has 1 N–H and O–H groups in total. The fourth-order valence-corrected chi connectivity index (χ4v) is 5.44. The van der Waals surface area contributed by atoms with Crippen molar-refractivity contribution in [3.8, 4) is 0 Å². The molecule has 4 aliphatic rings. The summed E-state index contributed by atoms with van der Waals surface area (Å²) in [6, 6.07) is 0.355. The quantitative estimate of drug-likeness (QED) is 0.845. The summed E-state index contributed by atoms with van der Waals surface area (Å²) in [5, 5.41) is 3.29. The monoisotopic (exact) mass is 264 g/mol. The van der Waals surface area contributed by atoms with Gasteiger partial charge in [0.1, 0.15) is 0 Å². The molecule has 4 fully saturated rings. The van der Waals surface area contributed by atoms with E-state index in [9.17, 15) is 4.79 Å². The van der Waals surface area contributed by atoms with E-state index in [1.807, 2.05) is 19.0 Å². The first-order valence-corrected chi connectivity index (χ1v) is 7.91. The van der Waals surface area contributed by atoms with E-state index in [4.69, 9.17) is 0 Å². The van der Waals surface area contributed by atoms with Gasteiger partial charge in [-0.25, -0.2) is 0 Å². The van der Waals surface area contributed by atoms with Crippen LogP contribution >= 0.6 is 0 Å². The summed E-state index contributed by atoms with van der Waals surface area (Å²) in [6.45, 7) is 2.76. The maximum absolute atomic E-state index is 12.0. The maximum Gasteiger partial charge on any atom is 0.234 e. The fraction of sp³-hybridized carbons (Fsp3) is 0.938. The molecular formula is C16H28N2O. The Morgan fingerprint density at radius 2 is 1.63 bits per heavy atom. The number of amides is 1. The maximum atomic E-state index is 12.0. The highest BCUT2D eigenvalue weighted by Crippen LogP contribution is 2.61. The van der Waals surface area contributed by atoms with Crippen LogP contribution in [0.2, 0.25) is 0 Å². The van der Waals surface area contributed by atoms with E-state index in [0.29, 0.717) is 18.0 Å². The van der Waals surface area contributed by atoms with Crippen LogP contribution < -0.4 is 5.32 Å². The lowest BCUT2D eigenvalue weighted by Crippen LogP contribution is -2.56. The minimum atomic E-state index is 0.188. The summed E-state index contributed by atoms with van der Waals surface area (Å²) < 4.78 is 0. The standard InChI is InChI=1S/C16H28N2O/c1-11(17-15(19)10-18(2)3)16-7-12-4-13(8-16)6-14(5-12)9-16/h11-14H,4-10H2,1-3H3,(H,17,19). The van der Waals surface area contributed by atoms with Crippen LogP contribution in [0.4, 0.5) is 0 Å². The van der Waals surface area contributed by atoms with Gasteiger partial charge in [0.2, 0.25) is 5.91 Å². The van der Waals surface area contributed by atoms with Crippen LogP contribution in [-0.4, -0.2) is 37.5 Å². The largest absolute Gasteiger partial charge is 0.352 e. The summed E-state index contributed by atoms with van der Waals surface area (Å²) in [5.41, 5.74) is 0.427. The molecule has 4 bridgehead atoms. The minimum Gasteiger partial charge on any atom is -0.352 e. The molecule has 3 nitrogen and oxygen atoms in total. The van der Waals surface area contributed by atoms with Crippen LogP contribution in [-0.2, 0) is 4.79 Å². The van der Waals surface area contributed by atoms with Gasteiger partial charge in [0, 0.05) is 6.04 Å². The van der Waals surface area contributed by atoms with E-state index in [1.54, 1.807) is 0 Å². The molecule has 0 heterocycles. The average molecular weight is 264 g/mol. The molecule has 0 aromatic rings. The second kappa shape index (κ2) is 4.76. The first-order chi connectivity index (χ1) is 8.97. The van der Waals surface area contributed by atoms with E-state index in [2.05, 4.69) is 12.2 Å². The van der Waals surface area contributed by atoms with Crippen molar-refractivity contribution in [2.45, 2.75) is 51.5 Å². The summed E-state index contributed by atoms with van der Waals surface area (Å²) in [5.74, 6) is 3.06. The molecule has 0 aromatic carbocycles. The third kappa shape index (κ3) is 2.54. The molecule has 3 heteroatoms. The van der Waals surface area contributed by atoms with Crippen molar-refractivity contribution in [3.63, 3.8) is 0 Å². The van der Waals surface area contributed by atoms with Crippen molar-refractivity contribution in [3.05, 3.63) is 0 Å². The highest BCUT2D eigenvalue weighted by Gasteiger charge is 2.53. The van der Waals surface area contributed by atoms with Crippen LogP contribution in [0.3, 0.4) is 0 Å². The predicted octanol–water partition coefficient (Wildman–Crippen LogP) is 2.27. The number of likely N-dealkylation sites (N-methyl/N-ethyl adjacent to an activating group) is 1. The molecule has 4 saturated carbocycles. The molecule has 0 aromatic heterocycles. The first-order valence-electron chi connectivity index (χ1n) is 7.91. The van der Waals surface area contributed by atoms with Gasteiger partial charge in [-0.2, -0.15) is 0 Å². The molecule has 0 saturated heterocycles. The summed E-state index contributed by atoms with van der Waals surface area (Å²) in [6.07, 6.45) is 8.50. The number of carbonyl (C=O) groups is 1. The zero-order valence-electron chi connectivity index (χ0n) is 12.6. The Morgan fingerprint density at radius 1 is 1.16 bits per heavy atom. The van der Waals surface area contributed by atoms with E-state index in [1.165, 1.54) is 38.5 Å². The molecule has 108 valence electrons. The van der Waals surface area contributed by atoms with Crippen LogP contribution in [0.5, 0.6) is 0 Å². The van der Waals surface area contributed by atoms with Crippen molar-refractivity contribution in [1.29, 1.82) is 0 Å². The molecule has 19 heavy (non-hydrogen) atoms. The molecule has 0 aliphatic heterocycles. The molecule has 4 rings (SSSR count). The first kappa shape index (κ1) is 13.4. The Bertz CT molecular complexity index is 328. The van der Waals surface area contributed by atoms with Gasteiger partial charge in [-0.05, 0) is 82.7 Å². The Labute approximate surface area is 117 Å². The Morgan fingerprint density at radius 3 is 2.05 bits per heavy atom. The SMILES string of the molecule is CC(NC(=O)CN(C)C)C12CC3CC(CC(C3)C1)C2. The predicted molar refractivity (Wildman–Crippen MR) is 76.8 cm³/mol. The topological polar surface area (TPSA) is 32.3 Å². The minimum absolute atomic E-state index is 0.188. The number of rotatable bonds is 4. The van der Waals surface area contributed by atoms with E-state index < -0.39 is 0 Å². The van der Waals surface area contributed by atoms with E-state index in [0.717, 1.165) is 17.8 Å². The highest BCUT2D eigenvalue weighted by atomic mass is 16.2. The number of hydrogen-bond donors (Lipinski definition) is 1. The van der Waals surface area contributed by atoms with Crippen LogP contribution in [0, 0.1) is 23.2 Å². The molecule has 1 atom stereocenters. The zero-order valence-corrected chi connectivity index (χ0v) is 12.6. The van der Waals surface area contributed by atoms with Gasteiger partial charge in [-0.15, -0.1) is 0 Å². The van der Waals surface area contributed by atoms with Crippen molar-refractivity contribution < 1.29 is 4.79 Å². The summed E-state index contributed by atoms with van der Waals surface area (Å²) in [4.78, 5) is 14.0. The lowest BCUT2D eigenvalue weighted by molar-refractivity contribution is -0.126. The molecule has 1 unspecified atom stereocenters. The van der Waals surface area contributed by atoms with Gasteiger partial charge in [0.25, 0.3) is 0 Å². The normalized spacial score (nSPS) is 41.6. The van der Waals surface area contributed by atoms with Crippen molar-refractivity contribution in [1.82, 2.24) is 10.2 Å². The Balaban J connectivity index is 1.66. The molecule has 0 spiro atoms. The lowest BCUT2D eigenvalue weighted by Gasteiger charge is -2.59. The number of carbonyl (C=O) groups excluding carboxylic acids is 1. The van der Waals surface area contributed by atoms with Gasteiger partial charge >= 0.3 is 0 Å². The summed E-state index contributed by atoms with van der Waals surface area (Å²) >= 11 is 0. The third-order valence-electron chi connectivity index (χ3n) is 5.84. The highest BCUT2D eigenvalue weighted by molar-refractivity contribution is 5.78. The fourth-order valence-electron chi connectivity index (χ4n) is 5.44. The van der Waals surface area contributed by atoms with Gasteiger partial charge < -0.3 is 10.2 Å². The van der Waals surface area contributed by atoms with Crippen molar-refractivity contribution >= 4 is 5.91 Å². The van der Waals surface area contributed by atoms with Crippen LogP contribution in [0.25, 0.3) is 0 Å². The summed E-state index contributed by atoms with van der Waals surface area (Å²) in [7, 11) is 3.91. The van der Waals surface area contributed by atoms with Gasteiger partial charge in [0.15, 0.2) is 0 Å². The number of nitrogens with one attached hydrogen (secondary N) is 1. The lowest BCUT2D eigenvalue weighted by atomic mass is 9.48. The molecule has 4 aliphatic carbocycles. The van der Waals surface area contributed by atoms with E-state index >= 15 is 0 Å². The smallest absolute Gasteiger partial charge is 0.234 e. The molecule has 0 radical (unpaired) electrons.